The van der Waals surface area contributed by atoms with E-state index in [1.54, 1.807) is 0 Å². The molecule has 0 fully saturated rings. The average molecular weight is 753 g/mol. The minimum absolute atomic E-state index is 0.313. The van der Waals surface area contributed by atoms with Crippen molar-refractivity contribution in [3.63, 3.8) is 0 Å². The van der Waals surface area contributed by atoms with Crippen molar-refractivity contribution in [1.29, 1.82) is 0 Å². The van der Waals surface area contributed by atoms with Gasteiger partial charge in [-0.15, -0.1) is 0 Å². The van der Waals surface area contributed by atoms with Crippen LogP contribution in [0.2, 0.25) is 0 Å². The largest absolute Gasteiger partial charge is 0.455 e. The van der Waals surface area contributed by atoms with E-state index in [4.69, 9.17) is 14.4 Å². The molecule has 276 valence electrons. The Morgan fingerprint density at radius 1 is 0.390 bits per heavy atom. The van der Waals surface area contributed by atoms with Crippen molar-refractivity contribution in [2.45, 2.75) is 12.3 Å². The van der Waals surface area contributed by atoms with Gasteiger partial charge < -0.3 is 4.42 Å². The predicted molar refractivity (Wildman–Crippen MR) is 243 cm³/mol. The molecule has 9 aromatic carbocycles. The van der Waals surface area contributed by atoms with Crippen LogP contribution in [-0.4, -0.2) is 9.97 Å². The van der Waals surface area contributed by atoms with Crippen LogP contribution < -0.4 is 0 Å². The van der Waals surface area contributed by atoms with E-state index in [1.165, 1.54) is 33.2 Å². The number of furan rings is 1. The molecule has 2 heterocycles. The third kappa shape index (κ3) is 5.08. The molecule has 59 heavy (non-hydrogen) atoms. The van der Waals surface area contributed by atoms with E-state index in [0.717, 1.165) is 77.3 Å². The fourth-order valence-electron chi connectivity index (χ4n) is 9.70. The van der Waals surface area contributed by atoms with Gasteiger partial charge in [-0.3, -0.25) is 0 Å². The summed E-state index contributed by atoms with van der Waals surface area (Å²) in [6.07, 6.45) is 0. The van der Waals surface area contributed by atoms with Crippen LogP contribution in [0.15, 0.2) is 205 Å². The van der Waals surface area contributed by atoms with Gasteiger partial charge in [0.05, 0.1) is 11.4 Å². The van der Waals surface area contributed by atoms with Gasteiger partial charge in [-0.25, -0.2) is 9.97 Å². The third-order valence-electron chi connectivity index (χ3n) is 12.6. The molecule has 1 aliphatic carbocycles. The van der Waals surface area contributed by atoms with Gasteiger partial charge in [0.15, 0.2) is 5.82 Å². The zero-order valence-electron chi connectivity index (χ0n) is 32.4. The highest BCUT2D eigenvalue weighted by Crippen LogP contribution is 2.55. The van der Waals surface area contributed by atoms with Crippen molar-refractivity contribution in [2.24, 2.45) is 0 Å². The molecule has 1 aliphatic rings. The molecule has 3 nitrogen and oxygen atoms in total. The van der Waals surface area contributed by atoms with Gasteiger partial charge in [0.2, 0.25) is 0 Å². The van der Waals surface area contributed by atoms with Crippen LogP contribution in [-0.2, 0) is 5.41 Å². The van der Waals surface area contributed by atoms with Gasteiger partial charge in [0, 0.05) is 43.7 Å². The van der Waals surface area contributed by atoms with E-state index in [2.05, 4.69) is 201 Å². The number of fused-ring (bicyclic) bond motifs is 10. The number of hydrogen-bond donors (Lipinski definition) is 0. The number of rotatable bonds is 5. The number of nitrogens with zero attached hydrogens (tertiary/aromatic N) is 2. The molecule has 0 aliphatic heterocycles. The maximum atomic E-state index is 6.75. The van der Waals surface area contributed by atoms with Crippen LogP contribution in [0.25, 0.3) is 99.6 Å². The lowest BCUT2D eigenvalue weighted by atomic mass is 9.74. The van der Waals surface area contributed by atoms with E-state index in [9.17, 15) is 0 Å². The number of hydrogen-bond acceptors (Lipinski definition) is 3. The molecule has 12 rings (SSSR count). The summed E-state index contributed by atoms with van der Waals surface area (Å²) in [4.78, 5) is 10.6. The topological polar surface area (TPSA) is 38.9 Å². The first-order valence-corrected chi connectivity index (χ1v) is 20.2. The normalized spacial score (nSPS) is 14.6. The lowest BCUT2D eigenvalue weighted by molar-refractivity contribution is 0.676. The number of aromatic nitrogens is 2. The van der Waals surface area contributed by atoms with Gasteiger partial charge in [-0.2, -0.15) is 0 Å². The van der Waals surface area contributed by atoms with Gasteiger partial charge >= 0.3 is 0 Å². The lowest BCUT2D eigenvalue weighted by Gasteiger charge is -2.28. The highest BCUT2D eigenvalue weighted by molar-refractivity contribution is 6.22. The first-order valence-electron chi connectivity index (χ1n) is 20.2. The zero-order valence-corrected chi connectivity index (χ0v) is 32.4. The summed E-state index contributed by atoms with van der Waals surface area (Å²) in [5, 5.41) is 6.78. The summed E-state index contributed by atoms with van der Waals surface area (Å²) in [6.45, 7) is 2.36. The van der Waals surface area contributed by atoms with Crippen molar-refractivity contribution in [3.05, 3.63) is 217 Å². The van der Waals surface area contributed by atoms with E-state index in [0.29, 0.717) is 5.82 Å². The summed E-state index contributed by atoms with van der Waals surface area (Å²) in [5.74, 6) is 0.696. The standard InChI is InChI=1S/C56H36N2O/c1-56(39-21-6-3-7-22-39)48-28-13-12-26-44(48)52-45(27-15-29-49(52)56)51-34-50(57-55(58-51)36-17-4-2-5-18-36)38-20-14-19-37(32-38)46-33-47-43-31-30-35-16-8-9-23-40(35)53(43)59-54(47)42-25-11-10-24-41(42)46/h2-34H,1H3. The molecule has 2 aromatic heterocycles. The summed E-state index contributed by atoms with van der Waals surface area (Å²) >= 11 is 0. The molecule has 0 amide bonds. The molecule has 0 saturated heterocycles. The van der Waals surface area contributed by atoms with Gasteiger partial charge in [-0.1, -0.05) is 176 Å². The van der Waals surface area contributed by atoms with Crippen LogP contribution in [0.3, 0.4) is 0 Å². The first kappa shape index (κ1) is 33.5. The highest BCUT2D eigenvalue weighted by atomic mass is 16.3. The minimum Gasteiger partial charge on any atom is -0.455 e. The predicted octanol–water partition coefficient (Wildman–Crippen LogP) is 14.7. The smallest absolute Gasteiger partial charge is 0.160 e. The van der Waals surface area contributed by atoms with Crippen molar-refractivity contribution in [2.75, 3.05) is 0 Å². The van der Waals surface area contributed by atoms with Gasteiger partial charge in [0.25, 0.3) is 0 Å². The lowest BCUT2D eigenvalue weighted by Crippen LogP contribution is -2.22. The summed E-state index contributed by atoms with van der Waals surface area (Å²) < 4.78 is 6.75. The Balaban J connectivity index is 1.06. The van der Waals surface area contributed by atoms with Crippen LogP contribution in [0, 0.1) is 0 Å². The Hall–Kier alpha value is -7.62. The molecule has 0 spiro atoms. The van der Waals surface area contributed by atoms with Gasteiger partial charge in [-0.05, 0) is 80.9 Å². The van der Waals surface area contributed by atoms with E-state index < -0.39 is 0 Å². The van der Waals surface area contributed by atoms with E-state index >= 15 is 0 Å². The maximum Gasteiger partial charge on any atom is 0.160 e. The highest BCUT2D eigenvalue weighted by Gasteiger charge is 2.41. The second-order valence-corrected chi connectivity index (χ2v) is 15.8. The molecule has 0 N–H and O–H groups in total. The Bertz CT molecular complexity index is 3460. The quantitative estimate of drug-likeness (QED) is 0.176. The van der Waals surface area contributed by atoms with Crippen molar-refractivity contribution in [1.82, 2.24) is 9.97 Å². The first-order chi connectivity index (χ1) is 29.1. The van der Waals surface area contributed by atoms with Crippen LogP contribution >= 0.6 is 0 Å². The molecule has 0 saturated carbocycles. The second-order valence-electron chi connectivity index (χ2n) is 15.8. The molecule has 0 radical (unpaired) electrons. The monoisotopic (exact) mass is 752 g/mol. The molecular formula is C56H36N2O. The summed E-state index contributed by atoms with van der Waals surface area (Å²) in [5.41, 5.74) is 15.0. The van der Waals surface area contributed by atoms with Crippen LogP contribution in [0.1, 0.15) is 23.6 Å². The number of benzene rings is 9. The van der Waals surface area contributed by atoms with Crippen molar-refractivity contribution in [3.8, 4) is 56.2 Å². The Labute approximate surface area is 341 Å². The van der Waals surface area contributed by atoms with Crippen LogP contribution in [0.5, 0.6) is 0 Å². The third-order valence-corrected chi connectivity index (χ3v) is 12.6. The van der Waals surface area contributed by atoms with E-state index in [1.807, 2.05) is 6.07 Å². The Kier molecular flexibility index (Phi) is 7.36. The minimum atomic E-state index is -0.313. The van der Waals surface area contributed by atoms with Crippen LogP contribution in [0.4, 0.5) is 0 Å². The Morgan fingerprint density at radius 2 is 1.00 bits per heavy atom. The Morgan fingerprint density at radius 3 is 1.86 bits per heavy atom. The molecule has 11 aromatic rings. The fourth-order valence-corrected chi connectivity index (χ4v) is 9.70. The molecule has 1 atom stereocenters. The summed E-state index contributed by atoms with van der Waals surface area (Å²) in [7, 11) is 0. The fraction of sp³-hybridized carbons (Fsp3) is 0.0357. The SMILES string of the molecule is CC1(c2ccccc2)c2ccccc2-c2c(-c3cc(-c4cccc(-c5cc6c7ccc8ccccc8c7oc6c6ccccc56)c4)nc(-c4ccccc4)n3)cccc21. The second kappa shape index (κ2) is 13.0. The van der Waals surface area contributed by atoms with Crippen molar-refractivity contribution >= 4 is 43.5 Å². The molecule has 0 bridgehead atoms. The molecule has 1 unspecified atom stereocenters. The molecular weight excluding hydrogens is 717 g/mol. The van der Waals surface area contributed by atoms with E-state index in [-0.39, 0.29) is 5.41 Å². The average Bonchev–Trinajstić information content (AvgIpc) is 3.83. The van der Waals surface area contributed by atoms with Crippen molar-refractivity contribution < 1.29 is 4.42 Å². The molecule has 3 heteroatoms. The zero-order chi connectivity index (χ0) is 39.1. The summed E-state index contributed by atoms with van der Waals surface area (Å²) in [6, 6.07) is 71.5. The van der Waals surface area contributed by atoms with Gasteiger partial charge in [0.1, 0.15) is 11.2 Å². The maximum absolute atomic E-state index is 6.75.